The molecule has 2 aliphatic rings. The van der Waals surface area contributed by atoms with E-state index < -0.39 is 5.91 Å². The topological polar surface area (TPSA) is 90.7 Å². The molecule has 3 amide bonds. The number of carbonyl (C=O) groups is 2. The molecule has 0 unspecified atom stereocenters. The van der Waals surface area contributed by atoms with E-state index in [9.17, 15) is 9.59 Å². The van der Waals surface area contributed by atoms with Gasteiger partial charge in [0, 0.05) is 37.4 Å². The number of hydrogen-bond donors (Lipinski definition) is 3. The minimum atomic E-state index is -0.536. The summed E-state index contributed by atoms with van der Waals surface area (Å²) in [4.78, 5) is 29.5. The Bertz CT molecular complexity index is 1450. The van der Waals surface area contributed by atoms with Crippen molar-refractivity contribution in [3.8, 4) is 11.1 Å². The van der Waals surface area contributed by atoms with Gasteiger partial charge in [-0.3, -0.25) is 9.69 Å². The van der Waals surface area contributed by atoms with Gasteiger partial charge in [-0.15, -0.1) is 0 Å². The first-order chi connectivity index (χ1) is 18.6. The third-order valence-electron chi connectivity index (χ3n) is 7.38. The number of amides is 3. The van der Waals surface area contributed by atoms with Crippen LogP contribution in [0.2, 0.25) is 0 Å². The van der Waals surface area contributed by atoms with Crippen LogP contribution in [-0.4, -0.2) is 43.0 Å². The molecule has 0 bridgehead atoms. The van der Waals surface area contributed by atoms with Gasteiger partial charge in [0.1, 0.15) is 0 Å². The molecule has 190 valence electrons. The van der Waals surface area contributed by atoms with E-state index in [1.807, 2.05) is 36.4 Å². The molecule has 0 saturated carbocycles. The summed E-state index contributed by atoms with van der Waals surface area (Å²) in [6.07, 6.45) is 0. The van der Waals surface area contributed by atoms with Crippen molar-refractivity contribution in [2.45, 2.75) is 6.04 Å². The van der Waals surface area contributed by atoms with Crippen LogP contribution in [0.1, 0.15) is 27.5 Å². The number of para-hydroxylation sites is 1. The van der Waals surface area contributed by atoms with Crippen molar-refractivity contribution < 1.29 is 9.59 Å². The van der Waals surface area contributed by atoms with E-state index in [2.05, 4.69) is 69.0 Å². The highest BCUT2D eigenvalue weighted by molar-refractivity contribution is 6.03. The molecule has 7 nitrogen and oxygen atoms in total. The zero-order valence-corrected chi connectivity index (χ0v) is 20.9. The average Bonchev–Trinajstić information content (AvgIpc) is 3.28. The summed E-state index contributed by atoms with van der Waals surface area (Å²) in [6.45, 7) is 3.29. The fourth-order valence-electron chi connectivity index (χ4n) is 5.61. The van der Waals surface area contributed by atoms with Crippen LogP contribution in [0.3, 0.4) is 0 Å². The molecule has 6 rings (SSSR count). The van der Waals surface area contributed by atoms with E-state index in [1.165, 1.54) is 22.3 Å². The number of primary amides is 1. The van der Waals surface area contributed by atoms with Gasteiger partial charge in [-0.05, 0) is 52.6 Å². The molecule has 1 aliphatic heterocycles. The van der Waals surface area contributed by atoms with Gasteiger partial charge in [-0.25, -0.2) is 4.79 Å². The van der Waals surface area contributed by atoms with Crippen molar-refractivity contribution in [3.63, 3.8) is 0 Å². The van der Waals surface area contributed by atoms with Crippen LogP contribution in [-0.2, 0) is 0 Å². The monoisotopic (exact) mass is 503 g/mol. The summed E-state index contributed by atoms with van der Waals surface area (Å²) < 4.78 is 0. The van der Waals surface area contributed by atoms with Crippen molar-refractivity contribution in [2.24, 2.45) is 5.73 Å². The summed E-state index contributed by atoms with van der Waals surface area (Å²) in [5.74, 6) is -0.536. The highest BCUT2D eigenvalue weighted by atomic mass is 16.2. The molecule has 0 aromatic heterocycles. The maximum absolute atomic E-state index is 12.8. The number of benzene rings is 4. The van der Waals surface area contributed by atoms with Crippen molar-refractivity contribution in [1.29, 1.82) is 0 Å². The highest BCUT2D eigenvalue weighted by Crippen LogP contribution is 2.46. The lowest BCUT2D eigenvalue weighted by atomic mass is 10.0. The number of fused-ring (bicyclic) bond motifs is 3. The fraction of sp³-hybridized carbons (Fsp3) is 0.161. The van der Waals surface area contributed by atoms with Gasteiger partial charge in [0.25, 0.3) is 0 Å². The van der Waals surface area contributed by atoms with E-state index in [4.69, 9.17) is 5.73 Å². The predicted octanol–water partition coefficient (Wildman–Crippen LogP) is 5.32. The molecule has 1 aliphatic carbocycles. The van der Waals surface area contributed by atoms with Crippen LogP contribution < -0.4 is 21.3 Å². The van der Waals surface area contributed by atoms with Crippen molar-refractivity contribution >= 4 is 29.0 Å². The van der Waals surface area contributed by atoms with Gasteiger partial charge < -0.3 is 21.3 Å². The Hall–Kier alpha value is -4.62. The third kappa shape index (κ3) is 4.48. The van der Waals surface area contributed by atoms with Crippen LogP contribution in [0.4, 0.5) is 21.9 Å². The largest absolute Gasteiger partial charge is 0.367 e. The minimum absolute atomic E-state index is 0.232. The van der Waals surface area contributed by atoms with Crippen molar-refractivity contribution in [3.05, 3.63) is 114 Å². The van der Waals surface area contributed by atoms with E-state index in [0.29, 0.717) is 16.9 Å². The van der Waals surface area contributed by atoms with Crippen LogP contribution in [0.15, 0.2) is 97.1 Å². The average molecular weight is 504 g/mol. The first-order valence-electron chi connectivity index (χ1n) is 12.8. The third-order valence-corrected chi connectivity index (χ3v) is 7.38. The molecule has 4 aromatic carbocycles. The van der Waals surface area contributed by atoms with Crippen molar-refractivity contribution in [1.82, 2.24) is 4.90 Å². The smallest absolute Gasteiger partial charge is 0.323 e. The predicted molar refractivity (Wildman–Crippen MR) is 152 cm³/mol. The number of carbonyl (C=O) groups excluding carboxylic acids is 2. The minimum Gasteiger partial charge on any atom is -0.367 e. The van der Waals surface area contributed by atoms with Gasteiger partial charge in [0.2, 0.25) is 5.91 Å². The Kier molecular flexibility index (Phi) is 6.27. The molecule has 1 heterocycles. The van der Waals surface area contributed by atoms with Gasteiger partial charge in [-0.2, -0.15) is 0 Å². The molecule has 1 fully saturated rings. The maximum atomic E-state index is 12.8. The second-order valence-electron chi connectivity index (χ2n) is 9.64. The molecule has 38 heavy (non-hydrogen) atoms. The molecule has 1 saturated heterocycles. The Balaban J connectivity index is 1.22. The number of nitrogens with zero attached hydrogens (tertiary/aromatic N) is 2. The van der Waals surface area contributed by atoms with Gasteiger partial charge in [0.05, 0.1) is 17.4 Å². The number of rotatable bonds is 5. The van der Waals surface area contributed by atoms with Crippen LogP contribution in [0, 0.1) is 0 Å². The number of nitrogens with one attached hydrogen (secondary N) is 2. The summed E-state index contributed by atoms with van der Waals surface area (Å²) in [6, 6.07) is 31.7. The summed E-state index contributed by atoms with van der Waals surface area (Å²) in [5.41, 5.74) is 13.3. The highest BCUT2D eigenvalue weighted by Gasteiger charge is 2.34. The fourth-order valence-corrected chi connectivity index (χ4v) is 5.61. The molecular weight excluding hydrogens is 474 g/mol. The molecule has 0 radical (unpaired) electrons. The van der Waals surface area contributed by atoms with Crippen LogP contribution >= 0.6 is 0 Å². The standard InChI is InChI=1S/C31H29N5O2/c32-30(37)21-14-15-28(27(20-21)34-31(38)33-22-8-2-1-3-9-22)35-16-18-36(19-17-35)29-25-12-6-4-10-23(25)24-11-5-7-13-26(24)29/h1-15,20,29H,16-19H2,(H2,32,37)(H2,33,34,38). The second-order valence-corrected chi connectivity index (χ2v) is 9.64. The van der Waals surface area contributed by atoms with Gasteiger partial charge in [-0.1, -0.05) is 66.7 Å². The van der Waals surface area contributed by atoms with Gasteiger partial charge in [0.15, 0.2) is 0 Å². The lowest BCUT2D eigenvalue weighted by Gasteiger charge is -2.40. The van der Waals surface area contributed by atoms with E-state index in [1.54, 1.807) is 12.1 Å². The van der Waals surface area contributed by atoms with Crippen LogP contribution in [0.25, 0.3) is 11.1 Å². The molecular formula is C31H29N5O2. The number of nitrogens with two attached hydrogens (primary N) is 1. The van der Waals surface area contributed by atoms with Gasteiger partial charge >= 0.3 is 6.03 Å². The summed E-state index contributed by atoms with van der Waals surface area (Å²) in [7, 11) is 0. The Morgan fingerprint density at radius 1 is 0.711 bits per heavy atom. The molecule has 0 atom stereocenters. The normalized spacial score (nSPS) is 15.0. The zero-order valence-electron chi connectivity index (χ0n) is 20.9. The number of hydrogen-bond acceptors (Lipinski definition) is 4. The van der Waals surface area contributed by atoms with Crippen LogP contribution in [0.5, 0.6) is 0 Å². The Morgan fingerprint density at radius 3 is 1.95 bits per heavy atom. The Labute approximate surface area is 221 Å². The molecule has 7 heteroatoms. The maximum Gasteiger partial charge on any atom is 0.323 e. The number of urea groups is 1. The first kappa shape index (κ1) is 23.8. The number of piperazine rings is 1. The quantitative estimate of drug-likeness (QED) is 0.344. The molecule has 4 N–H and O–H groups in total. The van der Waals surface area contributed by atoms with E-state index in [0.717, 1.165) is 31.9 Å². The number of anilines is 3. The SMILES string of the molecule is NC(=O)c1ccc(N2CCN(C3c4ccccc4-c4ccccc43)CC2)c(NC(=O)Nc2ccccc2)c1. The second kappa shape index (κ2) is 10.0. The van der Waals surface area contributed by atoms with E-state index in [-0.39, 0.29) is 12.1 Å². The lowest BCUT2D eigenvalue weighted by molar-refractivity contribution is 0.100. The first-order valence-corrected chi connectivity index (χ1v) is 12.8. The lowest BCUT2D eigenvalue weighted by Crippen LogP contribution is -2.47. The van der Waals surface area contributed by atoms with Crippen molar-refractivity contribution in [2.75, 3.05) is 41.7 Å². The molecule has 4 aromatic rings. The molecule has 0 spiro atoms. The Morgan fingerprint density at radius 2 is 1.32 bits per heavy atom. The summed E-state index contributed by atoms with van der Waals surface area (Å²) in [5, 5.41) is 5.77. The van der Waals surface area contributed by atoms with E-state index >= 15 is 0 Å². The summed E-state index contributed by atoms with van der Waals surface area (Å²) >= 11 is 0. The zero-order chi connectivity index (χ0) is 26.1.